The number of hydrogen-bond donors (Lipinski definition) is 1. The quantitative estimate of drug-likeness (QED) is 0.647. The Bertz CT molecular complexity index is 224. The van der Waals surface area contributed by atoms with Crippen molar-refractivity contribution in [2.24, 2.45) is 0 Å². The number of hydrogen-bond acceptors (Lipinski definition) is 2. The highest BCUT2D eigenvalue weighted by atomic mass is 16.2. The van der Waals surface area contributed by atoms with Crippen LogP contribution in [0.5, 0.6) is 0 Å². The van der Waals surface area contributed by atoms with Gasteiger partial charge in [0.2, 0.25) is 5.91 Å². The summed E-state index contributed by atoms with van der Waals surface area (Å²) in [5, 5.41) is 3.16. The summed E-state index contributed by atoms with van der Waals surface area (Å²) in [5.41, 5.74) is -0.527. The molecule has 0 saturated carbocycles. The molecule has 3 heteroatoms. The molecule has 0 aromatic carbocycles. The maximum absolute atomic E-state index is 12.1. The highest BCUT2D eigenvalue weighted by molar-refractivity contribution is 5.85. The largest absolute Gasteiger partial charge is 0.334 e. The van der Waals surface area contributed by atoms with E-state index in [9.17, 15) is 4.79 Å². The number of carbonyl (C=O) groups is 1. The predicted molar refractivity (Wildman–Crippen MR) is 64.7 cm³/mol. The summed E-state index contributed by atoms with van der Waals surface area (Å²) < 4.78 is 0. The number of carbonyl (C=O) groups excluding carboxylic acids is 1. The van der Waals surface area contributed by atoms with Crippen LogP contribution in [0.1, 0.15) is 20.8 Å². The van der Waals surface area contributed by atoms with Gasteiger partial charge in [-0.3, -0.25) is 4.79 Å². The number of rotatable bonds is 7. The molecule has 0 radical (unpaired) electrons. The maximum Gasteiger partial charge on any atom is 0.242 e. The number of amides is 1. The molecule has 1 amide bonds. The first-order valence-corrected chi connectivity index (χ1v) is 5.25. The van der Waals surface area contributed by atoms with Gasteiger partial charge in [0, 0.05) is 13.1 Å². The summed E-state index contributed by atoms with van der Waals surface area (Å²) >= 11 is 0. The van der Waals surface area contributed by atoms with Crippen molar-refractivity contribution in [3.63, 3.8) is 0 Å². The molecular formula is C12H22N2O. The lowest BCUT2D eigenvalue weighted by Gasteiger charge is -2.31. The van der Waals surface area contributed by atoms with Gasteiger partial charge in [-0.15, -0.1) is 13.2 Å². The molecule has 0 aliphatic carbocycles. The SMILES string of the molecule is C=CCN(CC=C)C(=O)C(C)(C)NCC. The lowest BCUT2D eigenvalue weighted by molar-refractivity contribution is -0.136. The van der Waals surface area contributed by atoms with Gasteiger partial charge in [0.05, 0.1) is 5.54 Å². The van der Waals surface area contributed by atoms with Crippen LogP contribution in [-0.4, -0.2) is 36.0 Å². The Labute approximate surface area is 92.8 Å². The predicted octanol–water partition coefficient (Wildman–Crippen LogP) is 1.58. The van der Waals surface area contributed by atoms with Crippen molar-refractivity contribution in [1.82, 2.24) is 10.2 Å². The van der Waals surface area contributed by atoms with Crippen molar-refractivity contribution in [2.45, 2.75) is 26.3 Å². The molecule has 0 bridgehead atoms. The fraction of sp³-hybridized carbons (Fsp3) is 0.583. The van der Waals surface area contributed by atoms with E-state index in [-0.39, 0.29) is 5.91 Å². The number of nitrogens with zero attached hydrogens (tertiary/aromatic N) is 1. The molecule has 0 spiro atoms. The number of nitrogens with one attached hydrogen (secondary N) is 1. The van der Waals surface area contributed by atoms with Crippen LogP contribution in [0, 0.1) is 0 Å². The Morgan fingerprint density at radius 1 is 1.33 bits per heavy atom. The van der Waals surface area contributed by atoms with Crippen LogP contribution < -0.4 is 5.32 Å². The fourth-order valence-corrected chi connectivity index (χ4v) is 1.46. The average Bonchev–Trinajstić information content (AvgIpc) is 2.16. The van der Waals surface area contributed by atoms with Crippen LogP contribution in [0.3, 0.4) is 0 Å². The minimum Gasteiger partial charge on any atom is -0.334 e. The van der Waals surface area contributed by atoms with Crippen molar-refractivity contribution in [3.05, 3.63) is 25.3 Å². The second kappa shape index (κ2) is 6.40. The van der Waals surface area contributed by atoms with Gasteiger partial charge in [-0.05, 0) is 20.4 Å². The topological polar surface area (TPSA) is 32.3 Å². The molecule has 15 heavy (non-hydrogen) atoms. The van der Waals surface area contributed by atoms with E-state index in [0.717, 1.165) is 6.54 Å². The van der Waals surface area contributed by atoms with Gasteiger partial charge >= 0.3 is 0 Å². The van der Waals surface area contributed by atoms with Crippen LogP contribution in [0.25, 0.3) is 0 Å². The molecule has 0 aromatic rings. The maximum atomic E-state index is 12.1. The van der Waals surface area contributed by atoms with E-state index >= 15 is 0 Å². The van der Waals surface area contributed by atoms with Crippen molar-refractivity contribution in [1.29, 1.82) is 0 Å². The third-order valence-electron chi connectivity index (χ3n) is 2.14. The summed E-state index contributed by atoms with van der Waals surface area (Å²) in [6.45, 7) is 14.9. The highest BCUT2D eigenvalue weighted by Crippen LogP contribution is 2.08. The zero-order valence-electron chi connectivity index (χ0n) is 10.0. The van der Waals surface area contributed by atoms with E-state index in [4.69, 9.17) is 0 Å². The Morgan fingerprint density at radius 2 is 1.80 bits per heavy atom. The fourth-order valence-electron chi connectivity index (χ4n) is 1.46. The first-order chi connectivity index (χ1) is 6.99. The van der Waals surface area contributed by atoms with E-state index in [1.165, 1.54) is 0 Å². The van der Waals surface area contributed by atoms with Gasteiger partial charge in [0.25, 0.3) is 0 Å². The lowest BCUT2D eigenvalue weighted by atomic mass is 10.0. The molecule has 0 aromatic heterocycles. The summed E-state index contributed by atoms with van der Waals surface area (Å²) in [5.74, 6) is 0.0733. The Morgan fingerprint density at radius 3 is 2.13 bits per heavy atom. The Balaban J connectivity index is 4.59. The van der Waals surface area contributed by atoms with Crippen molar-refractivity contribution in [2.75, 3.05) is 19.6 Å². The van der Waals surface area contributed by atoms with E-state index in [2.05, 4.69) is 18.5 Å². The second-order valence-corrected chi connectivity index (χ2v) is 3.94. The third-order valence-corrected chi connectivity index (χ3v) is 2.14. The van der Waals surface area contributed by atoms with Crippen molar-refractivity contribution >= 4 is 5.91 Å². The normalized spacial score (nSPS) is 10.9. The molecule has 0 aliphatic rings. The lowest BCUT2D eigenvalue weighted by Crippen LogP contribution is -2.54. The van der Waals surface area contributed by atoms with E-state index in [0.29, 0.717) is 13.1 Å². The minimum atomic E-state index is -0.527. The molecule has 0 saturated heterocycles. The van der Waals surface area contributed by atoms with Crippen LogP contribution in [0.15, 0.2) is 25.3 Å². The molecular weight excluding hydrogens is 188 g/mol. The Kier molecular flexibility index (Phi) is 5.94. The monoisotopic (exact) mass is 210 g/mol. The van der Waals surface area contributed by atoms with E-state index in [1.807, 2.05) is 20.8 Å². The standard InChI is InChI=1S/C12H22N2O/c1-6-9-14(10-7-2)11(15)12(4,5)13-8-3/h6-7,13H,1-2,8-10H2,3-5H3. The summed E-state index contributed by atoms with van der Waals surface area (Å²) in [6.07, 6.45) is 3.45. The minimum absolute atomic E-state index is 0.0733. The molecule has 0 aliphatic heterocycles. The molecule has 86 valence electrons. The summed E-state index contributed by atoms with van der Waals surface area (Å²) in [7, 11) is 0. The van der Waals surface area contributed by atoms with Gasteiger partial charge in [-0.2, -0.15) is 0 Å². The second-order valence-electron chi connectivity index (χ2n) is 3.94. The first-order valence-electron chi connectivity index (χ1n) is 5.25. The van der Waals surface area contributed by atoms with E-state index in [1.54, 1.807) is 17.1 Å². The van der Waals surface area contributed by atoms with Crippen LogP contribution in [0.2, 0.25) is 0 Å². The molecule has 0 fully saturated rings. The van der Waals surface area contributed by atoms with Crippen molar-refractivity contribution < 1.29 is 4.79 Å². The van der Waals surface area contributed by atoms with Gasteiger partial charge in [-0.1, -0.05) is 19.1 Å². The molecule has 0 atom stereocenters. The van der Waals surface area contributed by atoms with Crippen LogP contribution in [0.4, 0.5) is 0 Å². The first kappa shape index (κ1) is 13.9. The molecule has 1 N–H and O–H groups in total. The van der Waals surface area contributed by atoms with Gasteiger partial charge in [0.15, 0.2) is 0 Å². The zero-order valence-corrected chi connectivity index (χ0v) is 10.0. The van der Waals surface area contributed by atoms with Gasteiger partial charge in [-0.25, -0.2) is 0 Å². The summed E-state index contributed by atoms with van der Waals surface area (Å²) in [6, 6.07) is 0. The Hall–Kier alpha value is -1.09. The smallest absolute Gasteiger partial charge is 0.242 e. The van der Waals surface area contributed by atoms with Gasteiger partial charge < -0.3 is 10.2 Å². The zero-order chi connectivity index (χ0) is 11.9. The van der Waals surface area contributed by atoms with E-state index < -0.39 is 5.54 Å². The van der Waals surface area contributed by atoms with Crippen LogP contribution in [-0.2, 0) is 4.79 Å². The third kappa shape index (κ3) is 4.30. The van der Waals surface area contributed by atoms with Gasteiger partial charge in [0.1, 0.15) is 0 Å². The molecule has 0 unspecified atom stereocenters. The molecule has 3 nitrogen and oxygen atoms in total. The average molecular weight is 210 g/mol. The summed E-state index contributed by atoms with van der Waals surface area (Å²) in [4.78, 5) is 13.8. The molecule has 0 heterocycles. The van der Waals surface area contributed by atoms with Crippen LogP contribution >= 0.6 is 0 Å². The highest BCUT2D eigenvalue weighted by Gasteiger charge is 2.29. The van der Waals surface area contributed by atoms with Crippen molar-refractivity contribution in [3.8, 4) is 0 Å². The number of likely N-dealkylation sites (N-methyl/N-ethyl adjacent to an activating group) is 1. The molecule has 0 rings (SSSR count).